The second-order valence-electron chi connectivity index (χ2n) is 5.52. The molecule has 0 radical (unpaired) electrons. The molecular formula is C17H16BrFN6O2. The Balaban J connectivity index is 1.84. The number of nitrogens with zero attached hydrogens (tertiary/aromatic N) is 4. The lowest BCUT2D eigenvalue weighted by Gasteiger charge is -2.12. The van der Waals surface area contributed by atoms with E-state index in [1.54, 1.807) is 29.2 Å². The van der Waals surface area contributed by atoms with Crippen LogP contribution in [0, 0.1) is 5.82 Å². The summed E-state index contributed by atoms with van der Waals surface area (Å²) in [4.78, 5) is 19.7. The first-order valence-corrected chi connectivity index (χ1v) is 8.83. The van der Waals surface area contributed by atoms with Crippen LogP contribution in [0.1, 0.15) is 22.8 Å². The third kappa shape index (κ3) is 4.40. The Morgan fingerprint density at radius 1 is 1.37 bits per heavy atom. The molecule has 10 heteroatoms. The zero-order valence-corrected chi connectivity index (χ0v) is 15.9. The number of aromatic nitrogens is 4. The SMILES string of the molecule is CCn1cc(Nc2ncc(C(=O)O)c(NCc3c(F)cccc3Br)n2)cn1. The highest BCUT2D eigenvalue weighted by atomic mass is 79.9. The van der Waals surface area contributed by atoms with Crippen LogP contribution in [0.15, 0.2) is 41.3 Å². The lowest BCUT2D eigenvalue weighted by atomic mass is 10.2. The lowest BCUT2D eigenvalue weighted by Crippen LogP contribution is -2.12. The van der Waals surface area contributed by atoms with Crippen molar-refractivity contribution in [2.24, 2.45) is 0 Å². The van der Waals surface area contributed by atoms with Crippen molar-refractivity contribution in [1.29, 1.82) is 0 Å². The summed E-state index contributed by atoms with van der Waals surface area (Å²) in [6.07, 6.45) is 4.58. The van der Waals surface area contributed by atoms with Crippen LogP contribution in [0.25, 0.3) is 0 Å². The Morgan fingerprint density at radius 3 is 2.85 bits per heavy atom. The quantitative estimate of drug-likeness (QED) is 0.520. The topological polar surface area (TPSA) is 105 Å². The molecule has 0 spiro atoms. The largest absolute Gasteiger partial charge is 0.477 e. The van der Waals surface area contributed by atoms with E-state index in [1.807, 2.05) is 6.92 Å². The summed E-state index contributed by atoms with van der Waals surface area (Å²) < 4.78 is 16.3. The van der Waals surface area contributed by atoms with Crippen LogP contribution in [0.2, 0.25) is 0 Å². The van der Waals surface area contributed by atoms with Gasteiger partial charge < -0.3 is 15.7 Å². The van der Waals surface area contributed by atoms with Gasteiger partial charge in [0.25, 0.3) is 0 Å². The third-order valence-corrected chi connectivity index (χ3v) is 4.47. The van der Waals surface area contributed by atoms with Crippen molar-refractivity contribution in [1.82, 2.24) is 19.7 Å². The normalized spacial score (nSPS) is 10.6. The van der Waals surface area contributed by atoms with E-state index in [2.05, 4.69) is 41.6 Å². The van der Waals surface area contributed by atoms with Gasteiger partial charge >= 0.3 is 5.97 Å². The third-order valence-electron chi connectivity index (χ3n) is 3.73. The Hall–Kier alpha value is -3.01. The molecule has 1 aromatic carbocycles. The summed E-state index contributed by atoms with van der Waals surface area (Å²) in [6, 6.07) is 4.61. The highest BCUT2D eigenvalue weighted by Crippen LogP contribution is 2.22. The van der Waals surface area contributed by atoms with Crippen molar-refractivity contribution in [2.45, 2.75) is 20.0 Å². The molecule has 0 atom stereocenters. The van der Waals surface area contributed by atoms with Gasteiger partial charge in [-0.25, -0.2) is 14.2 Å². The van der Waals surface area contributed by atoms with Gasteiger partial charge in [-0.1, -0.05) is 22.0 Å². The van der Waals surface area contributed by atoms with Crippen LogP contribution in [0.3, 0.4) is 0 Å². The zero-order chi connectivity index (χ0) is 19.4. The van der Waals surface area contributed by atoms with Crippen molar-refractivity contribution in [3.63, 3.8) is 0 Å². The molecule has 0 aliphatic carbocycles. The molecular weight excluding hydrogens is 419 g/mol. The van der Waals surface area contributed by atoms with E-state index in [4.69, 9.17) is 0 Å². The zero-order valence-electron chi connectivity index (χ0n) is 14.3. The number of nitrogens with one attached hydrogen (secondary N) is 2. The van der Waals surface area contributed by atoms with E-state index in [9.17, 15) is 14.3 Å². The van der Waals surface area contributed by atoms with Crippen molar-refractivity contribution >= 4 is 39.4 Å². The van der Waals surface area contributed by atoms with E-state index >= 15 is 0 Å². The van der Waals surface area contributed by atoms with Crippen LogP contribution >= 0.6 is 15.9 Å². The molecule has 8 nitrogen and oxygen atoms in total. The highest BCUT2D eigenvalue weighted by molar-refractivity contribution is 9.10. The van der Waals surface area contributed by atoms with E-state index in [-0.39, 0.29) is 23.9 Å². The van der Waals surface area contributed by atoms with Gasteiger partial charge in [0.1, 0.15) is 17.2 Å². The fourth-order valence-electron chi connectivity index (χ4n) is 2.34. The molecule has 140 valence electrons. The van der Waals surface area contributed by atoms with Gasteiger partial charge in [0.2, 0.25) is 5.95 Å². The summed E-state index contributed by atoms with van der Waals surface area (Å²) in [6.45, 7) is 2.72. The summed E-state index contributed by atoms with van der Waals surface area (Å²) in [5.41, 5.74) is 0.922. The number of benzene rings is 1. The summed E-state index contributed by atoms with van der Waals surface area (Å²) in [5, 5.41) is 19.3. The number of rotatable bonds is 7. The minimum absolute atomic E-state index is 0.0533. The number of carbonyl (C=O) groups is 1. The first-order chi connectivity index (χ1) is 13.0. The maximum atomic E-state index is 14.0. The van der Waals surface area contributed by atoms with Crippen molar-refractivity contribution < 1.29 is 14.3 Å². The van der Waals surface area contributed by atoms with Crippen LogP contribution in [-0.4, -0.2) is 30.8 Å². The molecule has 27 heavy (non-hydrogen) atoms. The molecule has 0 saturated heterocycles. The summed E-state index contributed by atoms with van der Waals surface area (Å²) in [5.74, 6) is -1.31. The number of hydrogen-bond acceptors (Lipinski definition) is 6. The van der Waals surface area contributed by atoms with Crippen LogP contribution in [0.4, 0.5) is 21.8 Å². The molecule has 0 amide bonds. The second-order valence-corrected chi connectivity index (χ2v) is 6.38. The second kappa shape index (κ2) is 8.12. The highest BCUT2D eigenvalue weighted by Gasteiger charge is 2.15. The average Bonchev–Trinajstić information content (AvgIpc) is 3.09. The summed E-state index contributed by atoms with van der Waals surface area (Å²) in [7, 11) is 0. The molecule has 0 bridgehead atoms. The first-order valence-electron chi connectivity index (χ1n) is 8.04. The van der Waals surface area contributed by atoms with E-state index in [0.717, 1.165) is 0 Å². The van der Waals surface area contributed by atoms with Crippen molar-refractivity contribution in [3.8, 4) is 0 Å². The maximum absolute atomic E-state index is 14.0. The number of aryl methyl sites for hydroxylation is 1. The predicted octanol–water partition coefficient (Wildman–Crippen LogP) is 3.65. The van der Waals surface area contributed by atoms with Crippen LogP contribution in [-0.2, 0) is 13.1 Å². The van der Waals surface area contributed by atoms with Crippen LogP contribution in [0.5, 0.6) is 0 Å². The number of carboxylic acid groups (broad SMARTS) is 1. The average molecular weight is 435 g/mol. The van der Waals surface area contributed by atoms with Crippen molar-refractivity contribution in [2.75, 3.05) is 10.6 Å². The molecule has 3 aromatic rings. The molecule has 0 fully saturated rings. The molecule has 3 N–H and O–H groups in total. The van der Waals surface area contributed by atoms with E-state index in [1.165, 1.54) is 12.3 Å². The molecule has 0 saturated carbocycles. The fourth-order valence-corrected chi connectivity index (χ4v) is 2.82. The maximum Gasteiger partial charge on any atom is 0.341 e. The molecule has 0 unspecified atom stereocenters. The van der Waals surface area contributed by atoms with Gasteiger partial charge in [-0.15, -0.1) is 0 Å². The smallest absolute Gasteiger partial charge is 0.341 e. The molecule has 2 heterocycles. The van der Waals surface area contributed by atoms with E-state index < -0.39 is 11.8 Å². The fraction of sp³-hybridized carbons (Fsp3) is 0.176. The minimum atomic E-state index is -1.18. The Kier molecular flexibility index (Phi) is 5.65. The van der Waals surface area contributed by atoms with Crippen molar-refractivity contribution in [3.05, 3.63) is 58.2 Å². The first kappa shape index (κ1) is 18.8. The Labute approximate surface area is 162 Å². The predicted molar refractivity (Wildman–Crippen MR) is 102 cm³/mol. The van der Waals surface area contributed by atoms with Gasteiger partial charge in [0.15, 0.2) is 0 Å². The Bertz CT molecular complexity index is 958. The van der Waals surface area contributed by atoms with Gasteiger partial charge in [-0.05, 0) is 19.1 Å². The summed E-state index contributed by atoms with van der Waals surface area (Å²) >= 11 is 3.29. The number of hydrogen-bond donors (Lipinski definition) is 3. The van der Waals surface area contributed by atoms with E-state index in [0.29, 0.717) is 22.3 Å². The molecule has 0 aliphatic rings. The van der Waals surface area contributed by atoms with Crippen LogP contribution < -0.4 is 10.6 Å². The molecule has 2 aromatic heterocycles. The monoisotopic (exact) mass is 434 g/mol. The van der Waals surface area contributed by atoms with Gasteiger partial charge in [0.05, 0.1) is 11.9 Å². The lowest BCUT2D eigenvalue weighted by molar-refractivity contribution is 0.0697. The molecule has 0 aliphatic heterocycles. The number of aromatic carboxylic acids is 1. The number of carboxylic acids is 1. The molecule has 3 rings (SSSR count). The number of anilines is 3. The van der Waals surface area contributed by atoms with Gasteiger partial charge in [0, 0.05) is 35.5 Å². The standard InChI is InChI=1S/C17H16BrFN6O2/c1-2-25-9-10(6-22-25)23-17-21-8-12(16(26)27)15(24-17)20-7-11-13(18)4-3-5-14(11)19/h3-6,8-9H,2,7H2,1H3,(H,26,27)(H2,20,21,23,24). The van der Waals surface area contributed by atoms with Gasteiger partial charge in [-0.3, -0.25) is 4.68 Å². The minimum Gasteiger partial charge on any atom is -0.477 e. The Morgan fingerprint density at radius 2 is 2.19 bits per heavy atom. The van der Waals surface area contributed by atoms with Gasteiger partial charge in [-0.2, -0.15) is 10.1 Å². The number of halogens is 2.